The van der Waals surface area contributed by atoms with Gasteiger partial charge in [0.25, 0.3) is 0 Å². The molecule has 3 aromatic heterocycles. The molecule has 1 saturated carbocycles. The number of nitrogens with zero attached hydrogens (tertiary/aromatic N) is 2. The molecule has 0 spiro atoms. The van der Waals surface area contributed by atoms with Crippen LogP contribution in [0.5, 0.6) is 0 Å². The van der Waals surface area contributed by atoms with Gasteiger partial charge in [0.15, 0.2) is 0 Å². The number of rotatable bonds is 6. The molecule has 3 nitrogen and oxygen atoms in total. The first-order valence-corrected chi connectivity index (χ1v) is 20.3. The predicted molar refractivity (Wildman–Crippen MR) is 252 cm³/mol. The van der Waals surface area contributed by atoms with Crippen LogP contribution in [0.1, 0.15) is 120 Å². The zero-order chi connectivity index (χ0) is 54.9. The van der Waals surface area contributed by atoms with Crippen molar-refractivity contribution in [3.63, 3.8) is 0 Å². The van der Waals surface area contributed by atoms with Crippen molar-refractivity contribution in [1.29, 1.82) is 0 Å². The number of hydrogen-bond donors (Lipinski definition) is 0. The Morgan fingerprint density at radius 2 is 1.54 bits per heavy atom. The summed E-state index contributed by atoms with van der Waals surface area (Å²) in [6.45, 7) is 0.176. The van der Waals surface area contributed by atoms with Gasteiger partial charge in [0, 0.05) is 58.4 Å². The zero-order valence-corrected chi connectivity index (χ0v) is 37.4. The maximum Gasteiger partial charge on any atom is 0.121 e. The quantitative estimate of drug-likeness (QED) is 0.156. The largest absolute Gasteiger partial charge is 0.501 e. The number of pyridine rings is 2. The second-order valence-electron chi connectivity index (χ2n) is 17.4. The van der Waals surface area contributed by atoms with E-state index in [-0.39, 0.29) is 58.9 Å². The molecular formula is C57H58IrN2O-2. The van der Waals surface area contributed by atoms with E-state index >= 15 is 0 Å². The summed E-state index contributed by atoms with van der Waals surface area (Å²) in [5.41, 5.74) is 5.58. The van der Waals surface area contributed by atoms with Gasteiger partial charge in [-0.1, -0.05) is 137 Å². The van der Waals surface area contributed by atoms with Crippen molar-refractivity contribution in [3.05, 3.63) is 167 Å². The van der Waals surface area contributed by atoms with Crippen molar-refractivity contribution < 1.29 is 45.1 Å². The average molecular weight is 994 g/mol. The van der Waals surface area contributed by atoms with Crippen LogP contribution in [0.3, 0.4) is 0 Å². The van der Waals surface area contributed by atoms with E-state index in [9.17, 15) is 1.37 Å². The van der Waals surface area contributed by atoms with Crippen LogP contribution in [-0.4, -0.2) is 9.97 Å². The van der Waals surface area contributed by atoms with Gasteiger partial charge in [0.05, 0.1) is 5.58 Å². The number of furan rings is 1. The summed E-state index contributed by atoms with van der Waals surface area (Å²) < 4.78 is 129. The fourth-order valence-electron chi connectivity index (χ4n) is 7.82. The van der Waals surface area contributed by atoms with Crippen molar-refractivity contribution in [1.82, 2.24) is 9.97 Å². The molecule has 3 heterocycles. The Balaban J connectivity index is 0.000000242. The van der Waals surface area contributed by atoms with E-state index in [1.165, 1.54) is 24.4 Å². The molecular weight excluding hydrogens is 921 g/mol. The van der Waals surface area contributed by atoms with Crippen LogP contribution in [0.25, 0.3) is 66.7 Å². The van der Waals surface area contributed by atoms with Crippen LogP contribution in [0.15, 0.2) is 126 Å². The maximum absolute atomic E-state index is 9.24. The first kappa shape index (κ1) is 28.4. The van der Waals surface area contributed by atoms with E-state index in [0.29, 0.717) is 74.0 Å². The first-order valence-electron chi connectivity index (χ1n) is 27.8. The number of benzene rings is 5. The van der Waals surface area contributed by atoms with E-state index in [2.05, 4.69) is 35.9 Å². The Hall–Kier alpha value is -5.15. The molecule has 0 aliphatic heterocycles. The van der Waals surface area contributed by atoms with Gasteiger partial charge in [0.1, 0.15) is 5.58 Å². The van der Waals surface area contributed by atoms with Gasteiger partial charge in [-0.25, -0.2) is 0 Å². The number of aryl methyl sites for hydroxylation is 4. The topological polar surface area (TPSA) is 38.9 Å². The molecule has 4 heteroatoms. The van der Waals surface area contributed by atoms with Crippen molar-refractivity contribution in [3.8, 4) is 44.8 Å². The van der Waals surface area contributed by atoms with Crippen LogP contribution in [0, 0.1) is 50.4 Å². The third-order valence-electron chi connectivity index (χ3n) is 11.1. The Bertz CT molecular complexity index is 3380. The number of aromatic nitrogens is 2. The molecule has 1 radical (unpaired) electrons. The molecule has 0 N–H and O–H groups in total. The van der Waals surface area contributed by atoms with Gasteiger partial charge >= 0.3 is 0 Å². The molecule has 0 amide bonds. The molecule has 5 aromatic carbocycles. The summed E-state index contributed by atoms with van der Waals surface area (Å²) in [7, 11) is 0. The molecule has 9 rings (SSSR count). The van der Waals surface area contributed by atoms with Gasteiger partial charge in [-0.05, 0) is 131 Å². The summed E-state index contributed by atoms with van der Waals surface area (Å²) in [6.07, 6.45) is 4.16. The zero-order valence-electron chi connectivity index (χ0n) is 50.0. The Morgan fingerprint density at radius 3 is 2.26 bits per heavy atom. The molecule has 0 bridgehead atoms. The van der Waals surface area contributed by atoms with E-state index in [1.54, 1.807) is 66.9 Å². The summed E-state index contributed by atoms with van der Waals surface area (Å²) in [5.74, 6) is -0.935. The Morgan fingerprint density at radius 1 is 0.754 bits per heavy atom. The molecule has 1 fully saturated rings. The van der Waals surface area contributed by atoms with E-state index in [4.69, 9.17) is 23.6 Å². The monoisotopic (exact) mass is 995 g/mol. The van der Waals surface area contributed by atoms with E-state index in [0.717, 1.165) is 18.4 Å². The van der Waals surface area contributed by atoms with Crippen molar-refractivity contribution in [2.75, 3.05) is 0 Å². The first-order chi connectivity index (χ1) is 34.7. The molecule has 1 aliphatic rings. The summed E-state index contributed by atoms with van der Waals surface area (Å²) in [5, 5.41) is 1.40. The van der Waals surface area contributed by atoms with E-state index < -0.39 is 45.1 Å². The summed E-state index contributed by atoms with van der Waals surface area (Å²) in [6, 6.07) is 37.1. The van der Waals surface area contributed by atoms with Gasteiger partial charge in [-0.3, -0.25) is 0 Å². The Labute approximate surface area is 398 Å². The average Bonchev–Trinajstić information content (AvgIpc) is 3.72. The van der Waals surface area contributed by atoms with Crippen LogP contribution in [0.2, 0.25) is 0 Å². The third kappa shape index (κ3) is 9.99. The fourth-order valence-corrected chi connectivity index (χ4v) is 7.82. The van der Waals surface area contributed by atoms with Gasteiger partial charge in [-0.2, -0.15) is 0 Å². The normalized spacial score (nSPS) is 19.3. The molecule has 0 atom stereocenters. The standard InChI is InChI=1S/C34H34NO.C23H24N.Ir/c1-21-9-11-27-28-7-6-8-29(33(28)36-32(27)17-21)31-19-30(23(3)20-35-31)26-12-10-25(18-22(26)2)24-13-15-34(4,5)16-14-24;1-17-10-12-20(14-21(17)19-8-6-5-7-9-19)22-13-11-18(16-24-22)15-23(2,3)4;/h6-7,9-12,17-20,24H,13-16H2,1-5H3;5-11,13-14,16H,15H2,1-4H3;/q2*-1;/i1D3,2D3,3D3,24D;1D3,15D2;. The smallest absolute Gasteiger partial charge is 0.121 e. The minimum Gasteiger partial charge on any atom is -0.501 e. The SMILES string of the molecule is [2H]C([2H])([2H])c1c[c-]c(-c2ccc(C([2H])([2H])C(C)(C)C)cn2)cc1-c1ccccc1.[2H]C([2H])([2H])c1ccc2c(c1)oc1c(-c3cc(-c4ccc(C5([2H])CCC(C)(C)CC5)cc4C([2H])([2H])[2H])c(C([2H])([2H])[2H])cn3)[c-]ccc12.[Ir]. The van der Waals surface area contributed by atoms with Crippen molar-refractivity contribution in [2.45, 2.75) is 100.0 Å². The molecule has 0 unspecified atom stereocenters. The third-order valence-corrected chi connectivity index (χ3v) is 11.1. The van der Waals surface area contributed by atoms with Crippen LogP contribution >= 0.6 is 0 Å². The molecule has 8 aromatic rings. The van der Waals surface area contributed by atoms with Gasteiger partial charge in [0.2, 0.25) is 0 Å². The number of hydrogen-bond acceptors (Lipinski definition) is 3. The van der Waals surface area contributed by atoms with Crippen LogP contribution < -0.4 is 0 Å². The molecule has 313 valence electrons. The van der Waals surface area contributed by atoms with Crippen LogP contribution in [0.4, 0.5) is 0 Å². The van der Waals surface area contributed by atoms with Crippen molar-refractivity contribution in [2.24, 2.45) is 10.8 Å². The minimum atomic E-state index is -2.60. The minimum absolute atomic E-state index is 0. The summed E-state index contributed by atoms with van der Waals surface area (Å²) in [4.78, 5) is 8.92. The second kappa shape index (κ2) is 18.1. The van der Waals surface area contributed by atoms with Crippen molar-refractivity contribution >= 4 is 21.9 Å². The summed E-state index contributed by atoms with van der Waals surface area (Å²) >= 11 is 0. The fraction of sp³-hybridized carbons (Fsp3) is 0.298. The Kier molecular flexibility index (Phi) is 8.42. The predicted octanol–water partition coefficient (Wildman–Crippen LogP) is 15.8. The second-order valence-corrected chi connectivity index (χ2v) is 17.4. The molecule has 1 aliphatic carbocycles. The maximum atomic E-state index is 9.24. The number of fused-ring (bicyclic) bond motifs is 3. The van der Waals surface area contributed by atoms with Gasteiger partial charge in [-0.15, -0.1) is 47.5 Å². The molecule has 0 saturated heterocycles. The molecule has 61 heavy (non-hydrogen) atoms. The van der Waals surface area contributed by atoms with Gasteiger partial charge < -0.3 is 14.4 Å². The van der Waals surface area contributed by atoms with Crippen LogP contribution in [-0.2, 0) is 26.5 Å². The van der Waals surface area contributed by atoms with E-state index in [1.807, 2.05) is 51.1 Å².